The topological polar surface area (TPSA) is 52.7 Å². The van der Waals surface area contributed by atoms with Crippen molar-refractivity contribution in [2.75, 3.05) is 5.75 Å². The predicted molar refractivity (Wildman–Crippen MR) is 111 cm³/mol. The summed E-state index contributed by atoms with van der Waals surface area (Å²) in [4.78, 5) is 22.0. The van der Waals surface area contributed by atoms with Crippen LogP contribution in [0.25, 0.3) is 22.5 Å². The fourth-order valence-corrected chi connectivity index (χ4v) is 3.94. The molecule has 0 aliphatic rings. The highest BCUT2D eigenvalue weighted by molar-refractivity contribution is 7.99. The van der Waals surface area contributed by atoms with Crippen molar-refractivity contribution in [3.05, 3.63) is 75.0 Å². The van der Waals surface area contributed by atoms with Gasteiger partial charge >= 0.3 is 0 Å². The molecule has 2 aromatic carbocycles. The Morgan fingerprint density at radius 3 is 2.61 bits per heavy atom. The quantitative estimate of drug-likeness (QED) is 0.417. The van der Waals surface area contributed by atoms with Crippen molar-refractivity contribution in [3.63, 3.8) is 0 Å². The molecule has 2 heterocycles. The smallest absolute Gasteiger partial charge is 0.270 e. The van der Waals surface area contributed by atoms with Gasteiger partial charge in [0.25, 0.3) is 5.56 Å². The molecular formula is C19H13Cl2FN4OS. The minimum Gasteiger partial charge on any atom is -0.270 e. The molecule has 0 spiro atoms. The van der Waals surface area contributed by atoms with Crippen LogP contribution in [0.15, 0.2) is 58.7 Å². The van der Waals surface area contributed by atoms with Crippen LogP contribution in [0.2, 0.25) is 10.0 Å². The summed E-state index contributed by atoms with van der Waals surface area (Å²) in [5.41, 5.74) is 1.31. The third-order valence-corrected chi connectivity index (χ3v) is 5.72. The molecule has 4 aromatic rings. The minimum atomic E-state index is -0.382. The second kappa shape index (κ2) is 7.58. The Bertz CT molecular complexity index is 1240. The van der Waals surface area contributed by atoms with E-state index in [-0.39, 0.29) is 16.9 Å². The van der Waals surface area contributed by atoms with Gasteiger partial charge in [-0.05, 0) is 42.2 Å². The number of aromatic nitrogens is 4. The van der Waals surface area contributed by atoms with Crippen LogP contribution in [0.4, 0.5) is 4.39 Å². The Morgan fingerprint density at radius 2 is 1.89 bits per heavy atom. The Balaban J connectivity index is 1.99. The van der Waals surface area contributed by atoms with Crippen molar-refractivity contribution >= 4 is 46.1 Å². The zero-order valence-corrected chi connectivity index (χ0v) is 16.9. The first-order valence-corrected chi connectivity index (χ1v) is 10.1. The lowest BCUT2D eigenvalue weighted by Crippen LogP contribution is -2.19. The second-order valence-electron chi connectivity index (χ2n) is 5.80. The van der Waals surface area contributed by atoms with E-state index in [1.54, 1.807) is 22.8 Å². The maximum Gasteiger partial charge on any atom is 0.286 e. The SMILES string of the molecule is CCSc1nc2c(=O)n(-c3ccc(F)cc3)cnc2n1-c1cccc(Cl)c1Cl. The molecular weight excluding hydrogens is 422 g/mol. The van der Waals surface area contributed by atoms with E-state index in [1.807, 2.05) is 6.92 Å². The van der Waals surface area contributed by atoms with Crippen LogP contribution in [0, 0.1) is 5.82 Å². The number of hydrogen-bond donors (Lipinski definition) is 0. The predicted octanol–water partition coefficient (Wildman–Crippen LogP) is 5.13. The molecule has 0 N–H and O–H groups in total. The molecule has 0 aliphatic heterocycles. The Morgan fingerprint density at radius 1 is 1.14 bits per heavy atom. The van der Waals surface area contributed by atoms with Crippen molar-refractivity contribution < 1.29 is 4.39 Å². The van der Waals surface area contributed by atoms with Crippen LogP contribution in [0.1, 0.15) is 6.92 Å². The average molecular weight is 435 g/mol. The number of nitrogens with zero attached hydrogens (tertiary/aromatic N) is 4. The molecule has 0 saturated heterocycles. The van der Waals surface area contributed by atoms with Crippen LogP contribution < -0.4 is 5.56 Å². The van der Waals surface area contributed by atoms with Crippen molar-refractivity contribution in [2.45, 2.75) is 12.1 Å². The van der Waals surface area contributed by atoms with Gasteiger partial charge in [-0.2, -0.15) is 0 Å². The number of rotatable bonds is 4. The highest BCUT2D eigenvalue weighted by atomic mass is 35.5. The summed E-state index contributed by atoms with van der Waals surface area (Å²) >= 11 is 14.0. The molecule has 2 aromatic heterocycles. The summed E-state index contributed by atoms with van der Waals surface area (Å²) in [7, 11) is 0. The maximum atomic E-state index is 13.2. The van der Waals surface area contributed by atoms with Gasteiger partial charge in [-0.3, -0.25) is 13.9 Å². The monoisotopic (exact) mass is 434 g/mol. The van der Waals surface area contributed by atoms with Gasteiger partial charge in [0.15, 0.2) is 16.3 Å². The number of imidazole rings is 1. The summed E-state index contributed by atoms with van der Waals surface area (Å²) in [6, 6.07) is 10.8. The molecule has 0 amide bonds. The van der Waals surface area contributed by atoms with Gasteiger partial charge < -0.3 is 0 Å². The van der Waals surface area contributed by atoms with E-state index in [2.05, 4.69) is 9.97 Å². The van der Waals surface area contributed by atoms with E-state index in [0.29, 0.717) is 32.2 Å². The molecule has 0 bridgehead atoms. The molecule has 5 nitrogen and oxygen atoms in total. The normalized spacial score (nSPS) is 11.3. The summed E-state index contributed by atoms with van der Waals surface area (Å²) < 4.78 is 16.3. The standard InChI is InChI=1S/C19H13Cl2FN4OS/c1-2-28-19-24-16-17(26(19)14-5-3-4-13(20)15(14)21)23-10-25(18(16)27)12-8-6-11(22)7-9-12/h3-10H,2H2,1H3. The van der Waals surface area contributed by atoms with Gasteiger partial charge in [0.1, 0.15) is 12.1 Å². The average Bonchev–Trinajstić information content (AvgIpc) is 3.05. The highest BCUT2D eigenvalue weighted by Gasteiger charge is 2.20. The third kappa shape index (κ3) is 3.19. The molecule has 0 radical (unpaired) electrons. The lowest BCUT2D eigenvalue weighted by atomic mass is 10.3. The first-order valence-electron chi connectivity index (χ1n) is 8.34. The van der Waals surface area contributed by atoms with Crippen LogP contribution in [-0.2, 0) is 0 Å². The van der Waals surface area contributed by atoms with E-state index in [0.717, 1.165) is 5.75 Å². The number of fused-ring (bicyclic) bond motifs is 1. The lowest BCUT2D eigenvalue weighted by molar-refractivity contribution is 0.627. The summed E-state index contributed by atoms with van der Waals surface area (Å²) in [5.74, 6) is 0.362. The van der Waals surface area contributed by atoms with Gasteiger partial charge in [-0.25, -0.2) is 14.4 Å². The highest BCUT2D eigenvalue weighted by Crippen LogP contribution is 2.33. The van der Waals surface area contributed by atoms with Gasteiger partial charge in [0.2, 0.25) is 0 Å². The molecule has 9 heteroatoms. The molecule has 28 heavy (non-hydrogen) atoms. The van der Waals surface area contributed by atoms with Crippen LogP contribution in [0.5, 0.6) is 0 Å². The summed E-state index contributed by atoms with van der Waals surface area (Å²) in [6.45, 7) is 1.98. The van der Waals surface area contributed by atoms with Crippen molar-refractivity contribution in [2.24, 2.45) is 0 Å². The molecule has 0 fully saturated rings. The fraction of sp³-hybridized carbons (Fsp3) is 0.105. The van der Waals surface area contributed by atoms with E-state index in [1.165, 1.54) is 46.9 Å². The number of hydrogen-bond acceptors (Lipinski definition) is 4. The minimum absolute atomic E-state index is 0.193. The summed E-state index contributed by atoms with van der Waals surface area (Å²) in [5, 5.41) is 1.34. The van der Waals surface area contributed by atoms with Crippen molar-refractivity contribution in [3.8, 4) is 11.4 Å². The number of halogens is 3. The largest absolute Gasteiger partial charge is 0.286 e. The Hall–Kier alpha value is -2.35. The molecule has 4 rings (SSSR count). The fourth-order valence-electron chi connectivity index (χ4n) is 2.83. The molecule has 0 atom stereocenters. The number of benzene rings is 2. The zero-order chi connectivity index (χ0) is 19.8. The molecule has 142 valence electrons. The zero-order valence-electron chi connectivity index (χ0n) is 14.6. The molecule has 0 unspecified atom stereocenters. The lowest BCUT2D eigenvalue weighted by Gasteiger charge is -2.11. The van der Waals surface area contributed by atoms with Crippen LogP contribution in [-0.4, -0.2) is 24.9 Å². The second-order valence-corrected chi connectivity index (χ2v) is 7.82. The number of thioether (sulfide) groups is 1. The van der Waals surface area contributed by atoms with Crippen LogP contribution in [0.3, 0.4) is 0 Å². The molecule has 0 aliphatic carbocycles. The van der Waals surface area contributed by atoms with Gasteiger partial charge in [0.05, 0.1) is 21.4 Å². The first-order chi connectivity index (χ1) is 13.5. The Kier molecular flexibility index (Phi) is 5.14. The molecule has 0 saturated carbocycles. The van der Waals surface area contributed by atoms with Gasteiger partial charge in [-0.15, -0.1) is 0 Å². The van der Waals surface area contributed by atoms with Crippen molar-refractivity contribution in [1.29, 1.82) is 0 Å². The summed E-state index contributed by atoms with van der Waals surface area (Å²) in [6.07, 6.45) is 1.40. The van der Waals surface area contributed by atoms with E-state index >= 15 is 0 Å². The van der Waals surface area contributed by atoms with E-state index in [4.69, 9.17) is 23.2 Å². The third-order valence-electron chi connectivity index (χ3n) is 4.09. The van der Waals surface area contributed by atoms with Crippen LogP contribution >= 0.6 is 35.0 Å². The van der Waals surface area contributed by atoms with E-state index < -0.39 is 0 Å². The van der Waals surface area contributed by atoms with Gasteiger partial charge in [-0.1, -0.05) is 48.0 Å². The Labute approximate surface area is 173 Å². The first kappa shape index (κ1) is 19.0. The maximum absolute atomic E-state index is 13.2. The van der Waals surface area contributed by atoms with Gasteiger partial charge in [0, 0.05) is 0 Å². The van der Waals surface area contributed by atoms with E-state index in [9.17, 15) is 9.18 Å². The van der Waals surface area contributed by atoms with Crippen molar-refractivity contribution in [1.82, 2.24) is 19.1 Å².